The first-order valence-corrected chi connectivity index (χ1v) is 7.76. The van der Waals surface area contributed by atoms with Gasteiger partial charge in [0, 0.05) is 24.2 Å². The van der Waals surface area contributed by atoms with Crippen molar-refractivity contribution < 1.29 is 4.79 Å². The summed E-state index contributed by atoms with van der Waals surface area (Å²) < 4.78 is 0. The molecule has 1 aromatic rings. The monoisotopic (exact) mass is 294 g/mol. The van der Waals surface area contributed by atoms with Gasteiger partial charge in [-0.25, -0.2) is 0 Å². The number of hydrogen-bond donors (Lipinski definition) is 1. The van der Waals surface area contributed by atoms with E-state index in [4.69, 9.17) is 11.6 Å². The van der Waals surface area contributed by atoms with Crippen LogP contribution < -0.4 is 5.32 Å². The average molecular weight is 295 g/mol. The molecule has 0 radical (unpaired) electrons. The molecule has 3 nitrogen and oxygen atoms in total. The van der Waals surface area contributed by atoms with E-state index in [1.807, 2.05) is 43.0 Å². The Morgan fingerprint density at radius 1 is 1.20 bits per heavy atom. The van der Waals surface area contributed by atoms with Gasteiger partial charge in [0.2, 0.25) is 5.91 Å². The molecule has 2 atom stereocenters. The maximum absolute atomic E-state index is 12.4. The number of halogens is 1. The van der Waals surface area contributed by atoms with Gasteiger partial charge in [-0.05, 0) is 44.7 Å². The second-order valence-corrected chi connectivity index (χ2v) is 5.92. The van der Waals surface area contributed by atoms with E-state index >= 15 is 0 Å². The topological polar surface area (TPSA) is 32.3 Å². The summed E-state index contributed by atoms with van der Waals surface area (Å²) in [5.74, 6) is 0.198. The minimum atomic E-state index is -0.181. The minimum absolute atomic E-state index is 0.0624. The highest BCUT2D eigenvalue weighted by Crippen LogP contribution is 2.22. The Hall–Kier alpha value is -1.06. The molecule has 1 N–H and O–H groups in total. The average Bonchev–Trinajstić information content (AvgIpc) is 2.47. The number of nitrogens with zero attached hydrogens (tertiary/aromatic N) is 1. The molecule has 0 aliphatic carbocycles. The van der Waals surface area contributed by atoms with Crippen molar-refractivity contribution in [3.8, 4) is 0 Å². The number of rotatable bonds is 4. The van der Waals surface area contributed by atoms with Crippen LogP contribution >= 0.6 is 11.6 Å². The summed E-state index contributed by atoms with van der Waals surface area (Å²) >= 11 is 6.20. The highest BCUT2D eigenvalue weighted by molar-refractivity contribution is 6.31. The third-order valence-electron chi connectivity index (χ3n) is 3.91. The van der Waals surface area contributed by atoms with Gasteiger partial charge >= 0.3 is 0 Å². The quantitative estimate of drug-likeness (QED) is 0.923. The molecule has 2 rings (SSSR count). The van der Waals surface area contributed by atoms with E-state index < -0.39 is 0 Å². The number of piperidine rings is 1. The van der Waals surface area contributed by atoms with Crippen LogP contribution in [0.5, 0.6) is 0 Å². The lowest BCUT2D eigenvalue weighted by molar-refractivity contribution is -0.134. The van der Waals surface area contributed by atoms with Crippen LogP contribution in [0.4, 0.5) is 0 Å². The molecule has 1 fully saturated rings. The van der Waals surface area contributed by atoms with Crippen LogP contribution in [0.2, 0.25) is 5.02 Å². The van der Waals surface area contributed by atoms with Crippen LogP contribution in [0.15, 0.2) is 24.3 Å². The Bertz CT molecular complexity index is 458. The van der Waals surface area contributed by atoms with Crippen LogP contribution in [0, 0.1) is 0 Å². The second kappa shape index (κ2) is 7.09. The fourth-order valence-corrected chi connectivity index (χ4v) is 3.05. The van der Waals surface area contributed by atoms with E-state index in [0.717, 1.165) is 36.5 Å². The summed E-state index contributed by atoms with van der Waals surface area (Å²) in [6, 6.07) is 7.65. The maximum atomic E-state index is 12.4. The van der Waals surface area contributed by atoms with Gasteiger partial charge in [0.15, 0.2) is 0 Å². The molecule has 0 bridgehead atoms. The molecule has 0 saturated carbocycles. The first kappa shape index (κ1) is 15.3. The third-order valence-corrected chi connectivity index (χ3v) is 4.25. The SMILES string of the molecule is CC(N[C@H](C)c1ccccc1Cl)C(=O)N1CCCCC1. The highest BCUT2D eigenvalue weighted by atomic mass is 35.5. The van der Waals surface area contributed by atoms with Gasteiger partial charge in [0.25, 0.3) is 0 Å². The molecule has 0 spiro atoms. The van der Waals surface area contributed by atoms with Gasteiger partial charge in [0.1, 0.15) is 0 Å². The summed E-state index contributed by atoms with van der Waals surface area (Å²) in [5, 5.41) is 4.10. The molecule has 1 amide bonds. The summed E-state index contributed by atoms with van der Waals surface area (Å²) in [7, 11) is 0. The zero-order valence-electron chi connectivity index (χ0n) is 12.2. The first-order valence-electron chi connectivity index (χ1n) is 7.39. The van der Waals surface area contributed by atoms with Crippen molar-refractivity contribution >= 4 is 17.5 Å². The van der Waals surface area contributed by atoms with Gasteiger partial charge in [0.05, 0.1) is 6.04 Å². The first-order chi connectivity index (χ1) is 9.59. The van der Waals surface area contributed by atoms with Crippen LogP contribution in [-0.2, 0) is 4.79 Å². The standard InChI is InChI=1S/C16H23ClN2O/c1-12(14-8-4-5-9-15(14)17)18-13(2)16(20)19-10-6-3-7-11-19/h4-5,8-9,12-13,18H,3,6-7,10-11H2,1-2H3/t12-,13?/m1/s1. The number of carbonyl (C=O) groups is 1. The molecular weight excluding hydrogens is 272 g/mol. The smallest absolute Gasteiger partial charge is 0.239 e. The van der Waals surface area contributed by atoms with Gasteiger partial charge in [-0.1, -0.05) is 29.8 Å². The lowest BCUT2D eigenvalue weighted by atomic mass is 10.1. The molecule has 1 unspecified atom stereocenters. The maximum Gasteiger partial charge on any atom is 0.239 e. The zero-order chi connectivity index (χ0) is 14.5. The third kappa shape index (κ3) is 3.74. The van der Waals surface area contributed by atoms with Crippen molar-refractivity contribution in [1.29, 1.82) is 0 Å². The molecule has 20 heavy (non-hydrogen) atoms. The van der Waals surface area contributed by atoms with Crippen LogP contribution in [-0.4, -0.2) is 29.9 Å². The molecule has 1 heterocycles. The minimum Gasteiger partial charge on any atom is -0.341 e. The van der Waals surface area contributed by atoms with Crippen molar-refractivity contribution in [3.05, 3.63) is 34.9 Å². The van der Waals surface area contributed by atoms with Crippen molar-refractivity contribution in [2.24, 2.45) is 0 Å². The fourth-order valence-electron chi connectivity index (χ4n) is 2.75. The number of amides is 1. The van der Waals surface area contributed by atoms with Gasteiger partial charge in [-0.2, -0.15) is 0 Å². The molecule has 1 aromatic carbocycles. The van der Waals surface area contributed by atoms with Crippen LogP contribution in [0.25, 0.3) is 0 Å². The largest absolute Gasteiger partial charge is 0.341 e. The van der Waals surface area contributed by atoms with E-state index in [9.17, 15) is 4.79 Å². The Balaban J connectivity index is 1.95. The predicted octanol–water partition coefficient (Wildman–Crippen LogP) is 3.39. The number of carbonyl (C=O) groups excluding carboxylic acids is 1. The molecule has 4 heteroatoms. The number of hydrogen-bond acceptors (Lipinski definition) is 2. The highest BCUT2D eigenvalue weighted by Gasteiger charge is 2.23. The van der Waals surface area contributed by atoms with E-state index in [-0.39, 0.29) is 18.0 Å². The number of benzene rings is 1. The molecule has 1 saturated heterocycles. The summed E-state index contributed by atoms with van der Waals surface area (Å²) in [4.78, 5) is 14.4. The van der Waals surface area contributed by atoms with Crippen LogP contribution in [0.1, 0.15) is 44.7 Å². The Morgan fingerprint density at radius 3 is 2.50 bits per heavy atom. The molecule has 1 aliphatic heterocycles. The van der Waals surface area contributed by atoms with E-state index in [1.165, 1.54) is 6.42 Å². The summed E-state index contributed by atoms with van der Waals surface area (Å²) in [5.41, 5.74) is 1.03. The Kier molecular flexibility index (Phi) is 5.44. The molecule has 1 aliphatic rings. The van der Waals surface area contributed by atoms with Gasteiger partial charge < -0.3 is 4.90 Å². The van der Waals surface area contributed by atoms with E-state index in [1.54, 1.807) is 0 Å². The lowest BCUT2D eigenvalue weighted by Crippen LogP contribution is -2.47. The Labute approximate surface area is 126 Å². The lowest BCUT2D eigenvalue weighted by Gasteiger charge is -2.30. The van der Waals surface area contributed by atoms with Gasteiger partial charge in [-0.3, -0.25) is 10.1 Å². The van der Waals surface area contributed by atoms with E-state index in [2.05, 4.69) is 5.32 Å². The van der Waals surface area contributed by atoms with Crippen molar-refractivity contribution in [3.63, 3.8) is 0 Å². The zero-order valence-corrected chi connectivity index (χ0v) is 13.0. The second-order valence-electron chi connectivity index (χ2n) is 5.52. The van der Waals surface area contributed by atoms with Gasteiger partial charge in [-0.15, -0.1) is 0 Å². The fraction of sp³-hybridized carbons (Fsp3) is 0.562. The number of nitrogens with one attached hydrogen (secondary N) is 1. The van der Waals surface area contributed by atoms with Crippen LogP contribution in [0.3, 0.4) is 0 Å². The summed E-state index contributed by atoms with van der Waals surface area (Å²) in [6.07, 6.45) is 3.48. The molecule has 110 valence electrons. The predicted molar refractivity (Wildman–Crippen MR) is 82.9 cm³/mol. The normalized spacial score (nSPS) is 18.6. The Morgan fingerprint density at radius 2 is 1.85 bits per heavy atom. The molecule has 0 aromatic heterocycles. The van der Waals surface area contributed by atoms with E-state index in [0.29, 0.717) is 0 Å². The summed E-state index contributed by atoms with van der Waals surface area (Å²) in [6.45, 7) is 5.77. The number of likely N-dealkylation sites (tertiary alicyclic amines) is 1. The molecular formula is C16H23ClN2O. The van der Waals surface area contributed by atoms with Crippen molar-refractivity contribution in [2.75, 3.05) is 13.1 Å². The van der Waals surface area contributed by atoms with Crippen molar-refractivity contribution in [2.45, 2.75) is 45.2 Å². The van der Waals surface area contributed by atoms with Crippen molar-refractivity contribution in [1.82, 2.24) is 10.2 Å².